The minimum absolute atomic E-state index is 0.323. The van der Waals surface area contributed by atoms with Crippen LogP contribution < -0.4 is 4.90 Å². The first-order chi connectivity index (χ1) is 8.21. The second kappa shape index (κ2) is 5.77. The van der Waals surface area contributed by atoms with Crippen LogP contribution in [0.4, 0.5) is 5.69 Å². The molecule has 0 amide bonds. The topological polar surface area (TPSA) is 3.24 Å². The molecule has 0 aromatic heterocycles. The first-order valence-electron chi connectivity index (χ1n) is 6.99. The van der Waals surface area contributed by atoms with E-state index in [0.29, 0.717) is 11.3 Å². The molecule has 1 atom stereocenters. The van der Waals surface area contributed by atoms with E-state index in [4.69, 9.17) is 0 Å². The highest BCUT2D eigenvalue weighted by Gasteiger charge is 2.26. The van der Waals surface area contributed by atoms with Crippen LogP contribution in [0, 0.1) is 11.3 Å². The van der Waals surface area contributed by atoms with Gasteiger partial charge in [0, 0.05) is 19.8 Å². The molecule has 1 heteroatoms. The standard InChI is InChI=1S/C17H29N/c1-13(2)12-16(17(3,4)5)14-8-10-15(11-9-14)18(6)7/h8-11,13,16H,12H2,1-7H3. The predicted octanol–water partition coefficient (Wildman–Crippen LogP) is 4.93. The molecule has 1 aromatic rings. The molecular weight excluding hydrogens is 218 g/mol. The average molecular weight is 247 g/mol. The molecule has 1 nitrogen and oxygen atoms in total. The van der Waals surface area contributed by atoms with Gasteiger partial charge in [-0.2, -0.15) is 0 Å². The van der Waals surface area contributed by atoms with Crippen molar-refractivity contribution in [2.75, 3.05) is 19.0 Å². The third-order valence-corrected chi connectivity index (χ3v) is 3.56. The maximum Gasteiger partial charge on any atom is 0.0361 e. The summed E-state index contributed by atoms with van der Waals surface area (Å²) in [5.74, 6) is 1.37. The van der Waals surface area contributed by atoms with Crippen molar-refractivity contribution in [2.45, 2.75) is 47.0 Å². The molecule has 0 radical (unpaired) electrons. The summed E-state index contributed by atoms with van der Waals surface area (Å²) in [7, 11) is 4.18. The third-order valence-electron chi connectivity index (χ3n) is 3.56. The van der Waals surface area contributed by atoms with Crippen LogP contribution in [0.2, 0.25) is 0 Å². The van der Waals surface area contributed by atoms with Crippen LogP contribution in [0.15, 0.2) is 24.3 Å². The monoisotopic (exact) mass is 247 g/mol. The van der Waals surface area contributed by atoms with Crippen molar-refractivity contribution in [3.8, 4) is 0 Å². The molecule has 0 bridgehead atoms. The van der Waals surface area contributed by atoms with E-state index < -0.39 is 0 Å². The van der Waals surface area contributed by atoms with E-state index in [2.05, 4.69) is 77.9 Å². The fourth-order valence-electron chi connectivity index (χ4n) is 2.47. The lowest BCUT2D eigenvalue weighted by Gasteiger charge is -2.33. The number of anilines is 1. The number of hydrogen-bond acceptors (Lipinski definition) is 1. The first-order valence-corrected chi connectivity index (χ1v) is 6.99. The molecule has 1 aromatic carbocycles. The van der Waals surface area contributed by atoms with Gasteiger partial charge in [-0.3, -0.25) is 0 Å². The van der Waals surface area contributed by atoms with E-state index in [-0.39, 0.29) is 0 Å². The number of nitrogens with zero attached hydrogens (tertiary/aromatic N) is 1. The Morgan fingerprint density at radius 1 is 1.00 bits per heavy atom. The molecule has 0 spiro atoms. The van der Waals surface area contributed by atoms with Crippen LogP contribution in [-0.2, 0) is 0 Å². The Kier molecular flexibility index (Phi) is 4.84. The molecule has 1 unspecified atom stereocenters. The second-order valence-corrected chi connectivity index (χ2v) is 7.03. The largest absolute Gasteiger partial charge is 0.378 e. The van der Waals surface area contributed by atoms with Gasteiger partial charge in [0.05, 0.1) is 0 Å². The van der Waals surface area contributed by atoms with Crippen molar-refractivity contribution >= 4 is 5.69 Å². The molecular formula is C17H29N. The maximum atomic E-state index is 2.35. The van der Waals surface area contributed by atoms with Crippen molar-refractivity contribution in [3.63, 3.8) is 0 Å². The molecule has 0 heterocycles. The van der Waals surface area contributed by atoms with Gasteiger partial charge < -0.3 is 4.90 Å². The summed E-state index contributed by atoms with van der Waals surface area (Å²) in [6, 6.07) is 9.06. The Balaban J connectivity index is 2.99. The summed E-state index contributed by atoms with van der Waals surface area (Å²) < 4.78 is 0. The molecule has 0 saturated heterocycles. The van der Waals surface area contributed by atoms with E-state index >= 15 is 0 Å². The maximum absolute atomic E-state index is 2.35. The van der Waals surface area contributed by atoms with Crippen LogP contribution in [0.3, 0.4) is 0 Å². The van der Waals surface area contributed by atoms with Crippen molar-refractivity contribution in [2.24, 2.45) is 11.3 Å². The zero-order valence-corrected chi connectivity index (χ0v) is 13.1. The minimum atomic E-state index is 0.323. The molecule has 0 aliphatic carbocycles. The van der Waals surface area contributed by atoms with E-state index in [1.807, 2.05) is 0 Å². The lowest BCUT2D eigenvalue weighted by molar-refractivity contribution is 0.280. The van der Waals surface area contributed by atoms with Crippen LogP contribution >= 0.6 is 0 Å². The number of rotatable bonds is 4. The number of hydrogen-bond donors (Lipinski definition) is 0. The Bertz CT molecular complexity index is 354. The minimum Gasteiger partial charge on any atom is -0.378 e. The van der Waals surface area contributed by atoms with Crippen LogP contribution in [0.5, 0.6) is 0 Å². The van der Waals surface area contributed by atoms with Crippen LogP contribution in [-0.4, -0.2) is 14.1 Å². The normalized spacial score (nSPS) is 13.8. The highest BCUT2D eigenvalue weighted by atomic mass is 15.1. The summed E-state index contributed by atoms with van der Waals surface area (Å²) in [4.78, 5) is 2.15. The highest BCUT2D eigenvalue weighted by Crippen LogP contribution is 2.40. The van der Waals surface area contributed by atoms with Crippen molar-refractivity contribution < 1.29 is 0 Å². The van der Waals surface area contributed by atoms with Crippen molar-refractivity contribution in [1.29, 1.82) is 0 Å². The summed E-state index contributed by atoms with van der Waals surface area (Å²) in [5.41, 5.74) is 3.07. The van der Waals surface area contributed by atoms with Gasteiger partial charge in [-0.15, -0.1) is 0 Å². The number of benzene rings is 1. The van der Waals surface area contributed by atoms with Gasteiger partial charge in [0.25, 0.3) is 0 Å². The van der Waals surface area contributed by atoms with Gasteiger partial charge in [0.15, 0.2) is 0 Å². The van der Waals surface area contributed by atoms with Gasteiger partial charge in [0.2, 0.25) is 0 Å². The quantitative estimate of drug-likeness (QED) is 0.729. The fourth-order valence-corrected chi connectivity index (χ4v) is 2.47. The van der Waals surface area contributed by atoms with Gasteiger partial charge in [-0.25, -0.2) is 0 Å². The van der Waals surface area contributed by atoms with Crippen LogP contribution in [0.25, 0.3) is 0 Å². The average Bonchev–Trinajstić information content (AvgIpc) is 2.24. The van der Waals surface area contributed by atoms with Gasteiger partial charge in [0.1, 0.15) is 0 Å². The van der Waals surface area contributed by atoms with Crippen molar-refractivity contribution in [1.82, 2.24) is 0 Å². The SMILES string of the molecule is CC(C)CC(c1ccc(N(C)C)cc1)C(C)(C)C. The predicted molar refractivity (Wildman–Crippen MR) is 82.4 cm³/mol. The Morgan fingerprint density at radius 3 is 1.83 bits per heavy atom. The van der Waals surface area contributed by atoms with Gasteiger partial charge in [-0.1, -0.05) is 46.8 Å². The second-order valence-electron chi connectivity index (χ2n) is 7.03. The molecule has 0 N–H and O–H groups in total. The van der Waals surface area contributed by atoms with E-state index in [1.165, 1.54) is 17.7 Å². The van der Waals surface area contributed by atoms with E-state index in [9.17, 15) is 0 Å². The van der Waals surface area contributed by atoms with Crippen molar-refractivity contribution in [3.05, 3.63) is 29.8 Å². The van der Waals surface area contributed by atoms with E-state index in [1.54, 1.807) is 0 Å². The van der Waals surface area contributed by atoms with Gasteiger partial charge >= 0.3 is 0 Å². The summed E-state index contributed by atoms with van der Waals surface area (Å²) in [6.45, 7) is 11.7. The first kappa shape index (κ1) is 15.1. The molecule has 1 rings (SSSR count). The zero-order valence-electron chi connectivity index (χ0n) is 13.1. The Labute approximate surface area is 113 Å². The molecule has 0 aliphatic rings. The Morgan fingerprint density at radius 2 is 1.50 bits per heavy atom. The molecule has 18 heavy (non-hydrogen) atoms. The summed E-state index contributed by atoms with van der Waals surface area (Å²) in [6.07, 6.45) is 1.25. The zero-order chi connectivity index (χ0) is 13.9. The molecule has 0 saturated carbocycles. The third kappa shape index (κ3) is 4.04. The summed E-state index contributed by atoms with van der Waals surface area (Å²) in [5, 5.41) is 0. The Hall–Kier alpha value is -0.980. The lowest BCUT2D eigenvalue weighted by atomic mass is 9.72. The smallest absolute Gasteiger partial charge is 0.0361 e. The fraction of sp³-hybridized carbons (Fsp3) is 0.647. The van der Waals surface area contributed by atoms with Crippen LogP contribution in [0.1, 0.15) is 52.5 Å². The molecule has 102 valence electrons. The summed E-state index contributed by atoms with van der Waals surface area (Å²) >= 11 is 0. The highest BCUT2D eigenvalue weighted by molar-refractivity contribution is 5.46. The lowest BCUT2D eigenvalue weighted by Crippen LogP contribution is -2.20. The van der Waals surface area contributed by atoms with E-state index in [0.717, 1.165) is 5.92 Å². The molecule has 0 aliphatic heterocycles. The van der Waals surface area contributed by atoms with Gasteiger partial charge in [-0.05, 0) is 41.4 Å². The molecule has 0 fully saturated rings.